The highest BCUT2D eigenvalue weighted by atomic mass is 16.6. The second-order valence-corrected chi connectivity index (χ2v) is 5.12. The first kappa shape index (κ1) is 15.0. The number of nitro groups is 1. The summed E-state index contributed by atoms with van der Waals surface area (Å²) >= 11 is 0. The normalized spacial score (nSPS) is 11.0. The summed E-state index contributed by atoms with van der Waals surface area (Å²) in [5.74, 6) is 0. The van der Waals surface area contributed by atoms with Crippen molar-refractivity contribution in [2.24, 2.45) is 0 Å². The Hall–Kier alpha value is -2.42. The molecule has 0 unspecified atom stereocenters. The molecular formula is C18H19NO2. The van der Waals surface area contributed by atoms with E-state index in [0.717, 1.165) is 24.0 Å². The molecule has 0 spiro atoms. The van der Waals surface area contributed by atoms with Crippen molar-refractivity contribution in [1.82, 2.24) is 0 Å². The monoisotopic (exact) mass is 281 g/mol. The largest absolute Gasteiger partial charge is 0.269 e. The average Bonchev–Trinajstić information content (AvgIpc) is 2.48. The van der Waals surface area contributed by atoms with Crippen LogP contribution in [-0.4, -0.2) is 4.92 Å². The highest BCUT2D eigenvalue weighted by Crippen LogP contribution is 2.17. The molecule has 0 aromatic heterocycles. The van der Waals surface area contributed by atoms with Crippen LogP contribution in [0.2, 0.25) is 0 Å². The van der Waals surface area contributed by atoms with E-state index in [4.69, 9.17) is 0 Å². The van der Waals surface area contributed by atoms with Crippen molar-refractivity contribution in [1.29, 1.82) is 0 Å². The summed E-state index contributed by atoms with van der Waals surface area (Å²) in [6, 6.07) is 13.0. The van der Waals surface area contributed by atoms with Crippen molar-refractivity contribution in [3.05, 3.63) is 74.8 Å². The Bertz CT molecular complexity index is 657. The molecule has 0 fully saturated rings. The summed E-state index contributed by atoms with van der Waals surface area (Å²) in [6.07, 6.45) is 6.24. The summed E-state index contributed by atoms with van der Waals surface area (Å²) in [4.78, 5) is 10.2. The van der Waals surface area contributed by atoms with Crippen LogP contribution in [0.3, 0.4) is 0 Å². The van der Waals surface area contributed by atoms with Gasteiger partial charge in [-0.2, -0.15) is 0 Å². The number of non-ortho nitro benzene ring substituents is 1. The van der Waals surface area contributed by atoms with E-state index < -0.39 is 0 Å². The van der Waals surface area contributed by atoms with E-state index >= 15 is 0 Å². The summed E-state index contributed by atoms with van der Waals surface area (Å²) < 4.78 is 0. The molecule has 0 bridgehead atoms. The van der Waals surface area contributed by atoms with E-state index in [2.05, 4.69) is 32.0 Å². The molecular weight excluding hydrogens is 262 g/mol. The van der Waals surface area contributed by atoms with Crippen molar-refractivity contribution < 1.29 is 4.92 Å². The smallest absolute Gasteiger partial charge is 0.258 e. The van der Waals surface area contributed by atoms with Gasteiger partial charge >= 0.3 is 0 Å². The average molecular weight is 281 g/mol. The molecule has 21 heavy (non-hydrogen) atoms. The zero-order chi connectivity index (χ0) is 15.2. The molecule has 0 saturated heterocycles. The van der Waals surface area contributed by atoms with E-state index in [0.29, 0.717) is 0 Å². The van der Waals surface area contributed by atoms with Gasteiger partial charge in [0.05, 0.1) is 4.92 Å². The van der Waals surface area contributed by atoms with Gasteiger partial charge in [0.1, 0.15) is 0 Å². The van der Waals surface area contributed by atoms with E-state index in [1.165, 1.54) is 23.3 Å². The standard InChI is InChI=1S/C18H19NO2/c1-3-4-17-13-16(6-5-14(17)2)8-7-15-9-11-18(12-10-15)19(20)21/h5-13H,3-4H2,1-2H3/b8-7+. The lowest BCUT2D eigenvalue weighted by Crippen LogP contribution is -1.89. The third-order valence-corrected chi connectivity index (χ3v) is 3.46. The lowest BCUT2D eigenvalue weighted by molar-refractivity contribution is -0.384. The first-order valence-electron chi connectivity index (χ1n) is 7.12. The van der Waals surface area contributed by atoms with E-state index in [1.54, 1.807) is 12.1 Å². The molecule has 3 nitrogen and oxygen atoms in total. The van der Waals surface area contributed by atoms with Crippen LogP contribution in [0.5, 0.6) is 0 Å². The third-order valence-electron chi connectivity index (χ3n) is 3.46. The van der Waals surface area contributed by atoms with Gasteiger partial charge in [0.25, 0.3) is 5.69 Å². The number of aryl methyl sites for hydroxylation is 2. The predicted molar refractivity (Wildman–Crippen MR) is 87.2 cm³/mol. The molecule has 0 amide bonds. The Labute approximate surface area is 125 Å². The Morgan fingerprint density at radius 2 is 1.67 bits per heavy atom. The molecule has 0 heterocycles. The summed E-state index contributed by atoms with van der Waals surface area (Å²) in [5.41, 5.74) is 4.93. The molecule has 0 aliphatic carbocycles. The fourth-order valence-electron chi connectivity index (χ4n) is 2.23. The van der Waals surface area contributed by atoms with Gasteiger partial charge in [-0.3, -0.25) is 10.1 Å². The Balaban J connectivity index is 2.17. The van der Waals surface area contributed by atoms with Crippen molar-refractivity contribution in [3.8, 4) is 0 Å². The lowest BCUT2D eigenvalue weighted by Gasteiger charge is -2.05. The minimum Gasteiger partial charge on any atom is -0.258 e. The molecule has 2 rings (SSSR count). The third kappa shape index (κ3) is 4.02. The first-order valence-corrected chi connectivity index (χ1v) is 7.12. The molecule has 2 aromatic rings. The minimum atomic E-state index is -0.384. The molecule has 3 heteroatoms. The van der Waals surface area contributed by atoms with E-state index in [9.17, 15) is 10.1 Å². The maximum Gasteiger partial charge on any atom is 0.269 e. The number of hydrogen-bond donors (Lipinski definition) is 0. The van der Waals surface area contributed by atoms with Crippen molar-refractivity contribution >= 4 is 17.8 Å². The van der Waals surface area contributed by atoms with Crippen molar-refractivity contribution in [2.45, 2.75) is 26.7 Å². The first-order chi connectivity index (χ1) is 10.1. The van der Waals surface area contributed by atoms with Crippen LogP contribution in [0, 0.1) is 17.0 Å². The fraction of sp³-hybridized carbons (Fsp3) is 0.222. The zero-order valence-electron chi connectivity index (χ0n) is 12.4. The maximum atomic E-state index is 10.6. The highest BCUT2D eigenvalue weighted by molar-refractivity contribution is 5.70. The van der Waals surface area contributed by atoms with Crippen LogP contribution in [0.15, 0.2) is 42.5 Å². The molecule has 0 radical (unpaired) electrons. The molecule has 108 valence electrons. The molecule has 0 atom stereocenters. The van der Waals surface area contributed by atoms with Crippen LogP contribution in [-0.2, 0) is 6.42 Å². The summed E-state index contributed by atoms with van der Waals surface area (Å²) in [6.45, 7) is 4.31. The van der Waals surface area contributed by atoms with Crippen LogP contribution >= 0.6 is 0 Å². The zero-order valence-corrected chi connectivity index (χ0v) is 12.4. The number of nitrogens with zero attached hydrogens (tertiary/aromatic N) is 1. The summed E-state index contributed by atoms with van der Waals surface area (Å²) in [5, 5.41) is 10.6. The van der Waals surface area contributed by atoms with Crippen molar-refractivity contribution in [2.75, 3.05) is 0 Å². The van der Waals surface area contributed by atoms with Gasteiger partial charge in [0.15, 0.2) is 0 Å². The Morgan fingerprint density at radius 1 is 1.05 bits per heavy atom. The second-order valence-electron chi connectivity index (χ2n) is 5.12. The number of rotatable bonds is 5. The van der Waals surface area contributed by atoms with Gasteiger partial charge in [-0.25, -0.2) is 0 Å². The van der Waals surface area contributed by atoms with Crippen LogP contribution in [0.25, 0.3) is 12.2 Å². The Kier molecular flexibility index (Phi) is 4.88. The van der Waals surface area contributed by atoms with Gasteiger partial charge in [-0.05, 0) is 47.7 Å². The molecule has 0 N–H and O–H groups in total. The number of hydrogen-bond acceptors (Lipinski definition) is 2. The predicted octanol–water partition coefficient (Wildman–Crippen LogP) is 5.03. The van der Waals surface area contributed by atoms with E-state index in [1.807, 2.05) is 12.2 Å². The summed E-state index contributed by atoms with van der Waals surface area (Å²) in [7, 11) is 0. The molecule has 0 saturated carbocycles. The molecule has 0 aliphatic rings. The van der Waals surface area contributed by atoms with Crippen LogP contribution < -0.4 is 0 Å². The van der Waals surface area contributed by atoms with Gasteiger partial charge in [-0.1, -0.05) is 43.7 Å². The molecule has 2 aromatic carbocycles. The SMILES string of the molecule is CCCc1cc(/C=C/c2ccc([N+](=O)[O-])cc2)ccc1C. The maximum absolute atomic E-state index is 10.6. The van der Waals surface area contributed by atoms with Gasteiger partial charge in [-0.15, -0.1) is 0 Å². The topological polar surface area (TPSA) is 43.1 Å². The van der Waals surface area contributed by atoms with Gasteiger partial charge < -0.3 is 0 Å². The fourth-order valence-corrected chi connectivity index (χ4v) is 2.23. The quantitative estimate of drug-likeness (QED) is 0.438. The lowest BCUT2D eigenvalue weighted by atomic mass is 10.0. The van der Waals surface area contributed by atoms with E-state index in [-0.39, 0.29) is 10.6 Å². The minimum absolute atomic E-state index is 0.118. The second kappa shape index (κ2) is 6.84. The van der Waals surface area contributed by atoms with Crippen molar-refractivity contribution in [3.63, 3.8) is 0 Å². The van der Waals surface area contributed by atoms with Crippen LogP contribution in [0.4, 0.5) is 5.69 Å². The highest BCUT2D eigenvalue weighted by Gasteiger charge is 2.02. The van der Waals surface area contributed by atoms with Gasteiger partial charge in [0, 0.05) is 12.1 Å². The van der Waals surface area contributed by atoms with Gasteiger partial charge in [0.2, 0.25) is 0 Å². The van der Waals surface area contributed by atoms with Crippen LogP contribution in [0.1, 0.15) is 35.6 Å². The number of benzene rings is 2. The Morgan fingerprint density at radius 3 is 2.29 bits per heavy atom. The number of nitro benzene ring substituents is 1. The molecule has 0 aliphatic heterocycles.